The summed E-state index contributed by atoms with van der Waals surface area (Å²) in [5.74, 6) is -0.870. The van der Waals surface area contributed by atoms with E-state index >= 15 is 0 Å². The summed E-state index contributed by atoms with van der Waals surface area (Å²) in [6.07, 6.45) is -4.38. The lowest BCUT2D eigenvalue weighted by atomic mass is 10.2. The quantitative estimate of drug-likeness (QED) is 0.587. The van der Waals surface area contributed by atoms with Crippen LogP contribution in [0.2, 0.25) is 0 Å². The van der Waals surface area contributed by atoms with Crippen molar-refractivity contribution in [2.24, 2.45) is 0 Å². The molecule has 0 aliphatic carbocycles. The summed E-state index contributed by atoms with van der Waals surface area (Å²) in [4.78, 5) is 10.8. The van der Waals surface area contributed by atoms with E-state index in [0.717, 1.165) is 18.2 Å². The summed E-state index contributed by atoms with van der Waals surface area (Å²) in [5.41, 5.74) is -0.0919. The molecular weight excluding hydrogens is 284 g/mol. The number of halogens is 5. The van der Waals surface area contributed by atoms with Crippen LogP contribution in [0.4, 0.5) is 13.2 Å². The lowest BCUT2D eigenvalue weighted by Crippen LogP contribution is -2.51. The average Bonchev–Trinajstić information content (AvgIpc) is 2.17. The zero-order valence-electron chi connectivity index (χ0n) is 7.85. The van der Waals surface area contributed by atoms with Gasteiger partial charge in [-0.15, -0.1) is 0 Å². The van der Waals surface area contributed by atoms with E-state index in [9.17, 15) is 18.0 Å². The number of fused-ring (bicyclic) bond motifs is 1. The van der Waals surface area contributed by atoms with E-state index < -0.39 is 22.4 Å². The van der Waals surface area contributed by atoms with Crippen molar-refractivity contribution in [3.8, 4) is 11.5 Å². The van der Waals surface area contributed by atoms with Gasteiger partial charge in [0.2, 0.25) is 0 Å². The summed E-state index contributed by atoms with van der Waals surface area (Å²) in [5, 5.41) is -4.67. The number of hydrogen-bond acceptors (Lipinski definition) is 3. The molecule has 0 saturated carbocycles. The standard InChI is InChI=1S/C9H3Cl2F3O3/c10-7(15)4-1-2-5-6(3-4)17-9(13,14)8(11,12)16-5/h1-3H/t8-/m1/s1. The molecular formula is C9H3Cl2F3O3. The number of carbonyl (C=O) groups excluding carboxylic acids is 1. The first-order valence-electron chi connectivity index (χ1n) is 4.20. The van der Waals surface area contributed by atoms with E-state index in [1.54, 1.807) is 0 Å². The third-order valence-electron chi connectivity index (χ3n) is 1.99. The van der Waals surface area contributed by atoms with E-state index in [2.05, 4.69) is 9.47 Å². The predicted octanol–water partition coefficient (Wildman–Crippen LogP) is 3.29. The summed E-state index contributed by atoms with van der Waals surface area (Å²) in [6, 6.07) is 3.12. The van der Waals surface area contributed by atoms with Gasteiger partial charge in [-0.1, -0.05) is 0 Å². The summed E-state index contributed by atoms with van der Waals surface area (Å²) in [7, 11) is 0. The van der Waals surface area contributed by atoms with Gasteiger partial charge in [0, 0.05) is 5.56 Å². The normalized spacial score (nSPS) is 25.5. The highest BCUT2D eigenvalue weighted by Crippen LogP contribution is 2.48. The van der Waals surface area contributed by atoms with Crippen LogP contribution in [-0.2, 0) is 0 Å². The van der Waals surface area contributed by atoms with E-state index in [1.165, 1.54) is 0 Å². The lowest BCUT2D eigenvalue weighted by Gasteiger charge is -2.33. The molecule has 1 atom stereocenters. The molecule has 0 bridgehead atoms. The molecule has 3 nitrogen and oxygen atoms in total. The molecule has 0 N–H and O–H groups in total. The van der Waals surface area contributed by atoms with Crippen molar-refractivity contribution in [3.63, 3.8) is 0 Å². The summed E-state index contributed by atoms with van der Waals surface area (Å²) < 4.78 is 47.5. The number of rotatable bonds is 1. The Morgan fingerprint density at radius 3 is 2.41 bits per heavy atom. The van der Waals surface area contributed by atoms with Crippen LogP contribution in [0.5, 0.6) is 11.5 Å². The van der Waals surface area contributed by atoms with Gasteiger partial charge in [-0.2, -0.15) is 13.2 Å². The van der Waals surface area contributed by atoms with Crippen LogP contribution in [0.3, 0.4) is 0 Å². The zero-order chi connectivity index (χ0) is 12.8. The van der Waals surface area contributed by atoms with Gasteiger partial charge in [-0.05, 0) is 41.4 Å². The fourth-order valence-electron chi connectivity index (χ4n) is 1.19. The topological polar surface area (TPSA) is 35.5 Å². The van der Waals surface area contributed by atoms with E-state index in [-0.39, 0.29) is 11.3 Å². The molecule has 0 unspecified atom stereocenters. The van der Waals surface area contributed by atoms with Crippen molar-refractivity contribution in [1.82, 2.24) is 0 Å². The van der Waals surface area contributed by atoms with E-state index in [0.29, 0.717) is 0 Å². The molecule has 92 valence electrons. The Morgan fingerprint density at radius 2 is 1.82 bits per heavy atom. The maximum absolute atomic E-state index is 13.2. The van der Waals surface area contributed by atoms with Crippen LogP contribution >= 0.6 is 23.2 Å². The van der Waals surface area contributed by atoms with Crippen molar-refractivity contribution < 1.29 is 27.4 Å². The Hall–Kier alpha value is -1.14. The molecule has 1 heterocycles. The molecule has 0 fully saturated rings. The number of ether oxygens (including phenoxy) is 2. The molecule has 0 radical (unpaired) electrons. The molecule has 1 aliphatic heterocycles. The Bertz CT molecular complexity index is 490. The smallest absolute Gasteiger partial charge is 0.434 e. The van der Waals surface area contributed by atoms with E-state index in [4.69, 9.17) is 23.2 Å². The van der Waals surface area contributed by atoms with Crippen LogP contribution < -0.4 is 9.47 Å². The molecule has 0 saturated heterocycles. The minimum Gasteiger partial charge on any atom is -0.434 e. The molecule has 17 heavy (non-hydrogen) atoms. The first-order valence-corrected chi connectivity index (χ1v) is 4.96. The van der Waals surface area contributed by atoms with Crippen LogP contribution in [0.25, 0.3) is 0 Å². The van der Waals surface area contributed by atoms with Crippen molar-refractivity contribution >= 4 is 28.4 Å². The molecule has 2 rings (SSSR count). The minimum absolute atomic E-state index is 0.0919. The maximum Gasteiger partial charge on any atom is 0.488 e. The summed E-state index contributed by atoms with van der Waals surface area (Å²) in [6.45, 7) is 0. The van der Waals surface area contributed by atoms with Crippen molar-refractivity contribution in [2.75, 3.05) is 0 Å². The van der Waals surface area contributed by atoms with Crippen molar-refractivity contribution in [3.05, 3.63) is 23.8 Å². The third kappa shape index (κ3) is 2.02. The van der Waals surface area contributed by atoms with Crippen molar-refractivity contribution in [2.45, 2.75) is 11.4 Å². The minimum atomic E-state index is -4.38. The van der Waals surface area contributed by atoms with Gasteiger partial charge in [-0.3, -0.25) is 4.79 Å². The van der Waals surface area contributed by atoms with Gasteiger partial charge < -0.3 is 9.47 Å². The highest BCUT2D eigenvalue weighted by molar-refractivity contribution is 6.67. The number of alkyl halides is 4. The second-order valence-corrected chi connectivity index (χ2v) is 4.00. The van der Waals surface area contributed by atoms with E-state index in [1.807, 2.05) is 0 Å². The molecule has 0 aromatic heterocycles. The zero-order valence-corrected chi connectivity index (χ0v) is 9.36. The monoisotopic (exact) mass is 286 g/mol. The third-order valence-corrected chi connectivity index (χ3v) is 2.50. The Kier molecular flexibility index (Phi) is 2.67. The Balaban J connectivity index is 2.47. The van der Waals surface area contributed by atoms with Crippen LogP contribution in [0, 0.1) is 0 Å². The second-order valence-electron chi connectivity index (χ2n) is 3.17. The van der Waals surface area contributed by atoms with Gasteiger partial charge in [0.05, 0.1) is 0 Å². The predicted molar refractivity (Wildman–Crippen MR) is 52.5 cm³/mol. The molecule has 1 aromatic carbocycles. The number of benzene rings is 1. The Morgan fingerprint density at radius 1 is 1.18 bits per heavy atom. The first kappa shape index (κ1) is 12.3. The number of hydrogen-bond donors (Lipinski definition) is 0. The molecule has 8 heteroatoms. The van der Waals surface area contributed by atoms with Gasteiger partial charge in [-0.25, -0.2) is 0 Å². The molecule has 1 aromatic rings. The Labute approximate surface area is 103 Å². The molecule has 0 spiro atoms. The highest BCUT2D eigenvalue weighted by atomic mass is 35.5. The average molecular weight is 287 g/mol. The fraction of sp³-hybridized carbons (Fsp3) is 0.222. The molecule has 0 amide bonds. The maximum atomic E-state index is 13.2. The van der Waals surface area contributed by atoms with Gasteiger partial charge in [0.25, 0.3) is 5.24 Å². The highest BCUT2D eigenvalue weighted by Gasteiger charge is 2.63. The summed E-state index contributed by atoms with van der Waals surface area (Å²) >= 11 is 9.99. The van der Waals surface area contributed by atoms with Gasteiger partial charge >= 0.3 is 11.4 Å². The fourth-order valence-corrected chi connectivity index (χ4v) is 1.43. The van der Waals surface area contributed by atoms with Crippen LogP contribution in [0.15, 0.2) is 18.2 Å². The largest absolute Gasteiger partial charge is 0.488 e. The lowest BCUT2D eigenvalue weighted by molar-refractivity contribution is -0.303. The number of carbonyl (C=O) groups is 1. The molecule has 1 aliphatic rings. The van der Waals surface area contributed by atoms with Gasteiger partial charge in [0.1, 0.15) is 0 Å². The van der Waals surface area contributed by atoms with Gasteiger partial charge in [0.15, 0.2) is 11.5 Å². The van der Waals surface area contributed by atoms with Crippen LogP contribution in [-0.4, -0.2) is 16.7 Å². The van der Waals surface area contributed by atoms with Crippen LogP contribution in [0.1, 0.15) is 10.4 Å². The first-order chi connectivity index (χ1) is 7.73. The second kappa shape index (κ2) is 3.68. The van der Waals surface area contributed by atoms with Crippen molar-refractivity contribution in [1.29, 1.82) is 0 Å². The SMILES string of the molecule is O=C(Cl)c1ccc2c(c1)OC(F)(F)[C@](F)(Cl)O2.